The van der Waals surface area contributed by atoms with Gasteiger partial charge in [-0.15, -0.1) is 0 Å². The van der Waals surface area contributed by atoms with Crippen molar-refractivity contribution in [1.82, 2.24) is 0 Å². The summed E-state index contributed by atoms with van der Waals surface area (Å²) < 4.78 is 23.9. The Kier molecular flexibility index (Phi) is 4.05. The standard InChI is InChI=1S/C13H16BrFO2/c1-16-12-3-2-10(6-11(12)15)7-13(8-14)4-5-17-9-13/h2-3,6H,4-5,7-9H2,1H3. The van der Waals surface area contributed by atoms with Gasteiger partial charge in [0.05, 0.1) is 13.7 Å². The highest BCUT2D eigenvalue weighted by Crippen LogP contribution is 2.35. The molecule has 94 valence electrons. The lowest BCUT2D eigenvalue weighted by Crippen LogP contribution is -2.25. The van der Waals surface area contributed by atoms with Gasteiger partial charge < -0.3 is 9.47 Å². The summed E-state index contributed by atoms with van der Waals surface area (Å²) in [6.45, 7) is 1.54. The van der Waals surface area contributed by atoms with Crippen molar-refractivity contribution in [2.75, 3.05) is 25.7 Å². The van der Waals surface area contributed by atoms with Gasteiger partial charge in [0.25, 0.3) is 0 Å². The Balaban J connectivity index is 2.15. The predicted molar refractivity (Wildman–Crippen MR) is 68.3 cm³/mol. The molecule has 1 atom stereocenters. The molecule has 1 aliphatic heterocycles. The van der Waals surface area contributed by atoms with E-state index >= 15 is 0 Å². The molecule has 1 aromatic carbocycles. The molecule has 2 nitrogen and oxygen atoms in total. The molecule has 0 N–H and O–H groups in total. The second-order valence-corrected chi connectivity index (χ2v) is 5.14. The van der Waals surface area contributed by atoms with Crippen molar-refractivity contribution in [1.29, 1.82) is 0 Å². The predicted octanol–water partition coefficient (Wildman–Crippen LogP) is 3.18. The van der Waals surface area contributed by atoms with E-state index in [0.717, 1.165) is 36.9 Å². The molecule has 1 unspecified atom stereocenters. The molecule has 0 radical (unpaired) electrons. The smallest absolute Gasteiger partial charge is 0.165 e. The molecule has 1 fully saturated rings. The molecule has 1 aromatic rings. The van der Waals surface area contributed by atoms with Gasteiger partial charge in [0.1, 0.15) is 0 Å². The minimum atomic E-state index is -0.298. The Morgan fingerprint density at radius 2 is 2.35 bits per heavy atom. The number of hydrogen-bond acceptors (Lipinski definition) is 2. The molecule has 0 aromatic heterocycles. The lowest BCUT2D eigenvalue weighted by Gasteiger charge is -2.24. The first-order valence-corrected chi connectivity index (χ1v) is 6.77. The first-order valence-electron chi connectivity index (χ1n) is 5.65. The second-order valence-electron chi connectivity index (χ2n) is 4.58. The number of rotatable bonds is 4. The number of alkyl halides is 1. The van der Waals surface area contributed by atoms with Crippen LogP contribution < -0.4 is 4.74 Å². The Hall–Kier alpha value is -0.610. The summed E-state index contributed by atoms with van der Waals surface area (Å²) in [4.78, 5) is 0. The van der Waals surface area contributed by atoms with Crippen LogP contribution in [0.15, 0.2) is 18.2 Å². The van der Waals surface area contributed by atoms with Crippen molar-refractivity contribution in [3.05, 3.63) is 29.6 Å². The van der Waals surface area contributed by atoms with Crippen LogP contribution in [0.3, 0.4) is 0 Å². The first kappa shape index (κ1) is 12.8. The first-order chi connectivity index (χ1) is 8.19. The second kappa shape index (κ2) is 5.36. The van der Waals surface area contributed by atoms with Crippen molar-refractivity contribution in [2.45, 2.75) is 12.8 Å². The van der Waals surface area contributed by atoms with Gasteiger partial charge in [-0.25, -0.2) is 4.39 Å². The van der Waals surface area contributed by atoms with Gasteiger partial charge in [0, 0.05) is 17.4 Å². The maximum atomic E-state index is 13.6. The molecule has 0 bridgehead atoms. The highest BCUT2D eigenvalue weighted by Gasteiger charge is 2.34. The Bertz CT molecular complexity index is 389. The highest BCUT2D eigenvalue weighted by atomic mass is 79.9. The molecular formula is C13H16BrFO2. The molecule has 0 spiro atoms. The topological polar surface area (TPSA) is 18.5 Å². The minimum Gasteiger partial charge on any atom is -0.494 e. The van der Waals surface area contributed by atoms with Crippen molar-refractivity contribution in [3.8, 4) is 5.75 Å². The maximum Gasteiger partial charge on any atom is 0.165 e. The molecule has 17 heavy (non-hydrogen) atoms. The zero-order valence-corrected chi connectivity index (χ0v) is 11.4. The van der Waals surface area contributed by atoms with Gasteiger partial charge in [-0.3, -0.25) is 0 Å². The molecule has 0 aliphatic carbocycles. The largest absolute Gasteiger partial charge is 0.494 e. The fraction of sp³-hybridized carbons (Fsp3) is 0.538. The van der Waals surface area contributed by atoms with Gasteiger partial charge in [0.2, 0.25) is 0 Å². The molecule has 0 amide bonds. The average Bonchev–Trinajstić information content (AvgIpc) is 2.79. The van der Waals surface area contributed by atoms with E-state index in [1.54, 1.807) is 12.1 Å². The number of hydrogen-bond donors (Lipinski definition) is 0. The van der Waals surface area contributed by atoms with Gasteiger partial charge in [-0.05, 0) is 30.5 Å². The van der Waals surface area contributed by atoms with Crippen molar-refractivity contribution < 1.29 is 13.9 Å². The summed E-state index contributed by atoms with van der Waals surface area (Å²) in [5.74, 6) is -0.00190. The van der Waals surface area contributed by atoms with Crippen LogP contribution in [0.1, 0.15) is 12.0 Å². The Morgan fingerprint density at radius 3 is 2.88 bits per heavy atom. The number of halogens is 2. The van der Waals surface area contributed by atoms with Crippen LogP contribution in [0.2, 0.25) is 0 Å². The van der Waals surface area contributed by atoms with E-state index < -0.39 is 0 Å². The van der Waals surface area contributed by atoms with Crippen LogP contribution in [-0.2, 0) is 11.2 Å². The summed E-state index contributed by atoms with van der Waals surface area (Å²) in [5.41, 5.74) is 1.11. The molecule has 4 heteroatoms. The third-order valence-corrected chi connectivity index (χ3v) is 4.45. The fourth-order valence-corrected chi connectivity index (χ4v) is 2.83. The quantitative estimate of drug-likeness (QED) is 0.795. The number of ether oxygens (including phenoxy) is 2. The van der Waals surface area contributed by atoms with Gasteiger partial charge in [0.15, 0.2) is 11.6 Å². The average molecular weight is 303 g/mol. The van der Waals surface area contributed by atoms with Gasteiger partial charge in [-0.2, -0.15) is 0 Å². The zero-order valence-electron chi connectivity index (χ0n) is 9.84. The molecular weight excluding hydrogens is 287 g/mol. The van der Waals surface area contributed by atoms with E-state index in [0.29, 0.717) is 5.75 Å². The van der Waals surface area contributed by atoms with E-state index in [1.165, 1.54) is 7.11 Å². The van der Waals surface area contributed by atoms with E-state index in [9.17, 15) is 4.39 Å². The molecule has 1 aliphatic rings. The molecule has 2 rings (SSSR count). The van der Waals surface area contributed by atoms with Crippen LogP contribution in [0.25, 0.3) is 0 Å². The SMILES string of the molecule is COc1ccc(CC2(CBr)CCOC2)cc1F. The van der Waals surface area contributed by atoms with Crippen LogP contribution in [0.4, 0.5) is 4.39 Å². The van der Waals surface area contributed by atoms with E-state index in [2.05, 4.69) is 15.9 Å². The van der Waals surface area contributed by atoms with Crippen LogP contribution in [-0.4, -0.2) is 25.7 Å². The van der Waals surface area contributed by atoms with E-state index in [4.69, 9.17) is 9.47 Å². The molecule has 1 saturated heterocycles. The van der Waals surface area contributed by atoms with E-state index in [1.807, 2.05) is 6.07 Å². The monoisotopic (exact) mass is 302 g/mol. The summed E-state index contributed by atoms with van der Waals surface area (Å²) in [6, 6.07) is 5.16. The number of methoxy groups -OCH3 is 1. The third kappa shape index (κ3) is 2.80. The summed E-state index contributed by atoms with van der Waals surface area (Å²) in [5, 5.41) is 0.883. The zero-order chi connectivity index (χ0) is 12.3. The fourth-order valence-electron chi connectivity index (χ4n) is 2.19. The van der Waals surface area contributed by atoms with Gasteiger partial charge >= 0.3 is 0 Å². The summed E-state index contributed by atoms with van der Waals surface area (Å²) in [7, 11) is 1.48. The van der Waals surface area contributed by atoms with Crippen LogP contribution >= 0.6 is 15.9 Å². The Morgan fingerprint density at radius 1 is 1.53 bits per heavy atom. The van der Waals surface area contributed by atoms with E-state index in [-0.39, 0.29) is 11.2 Å². The van der Waals surface area contributed by atoms with Crippen molar-refractivity contribution in [3.63, 3.8) is 0 Å². The van der Waals surface area contributed by atoms with Gasteiger partial charge in [-0.1, -0.05) is 22.0 Å². The van der Waals surface area contributed by atoms with Crippen LogP contribution in [0.5, 0.6) is 5.75 Å². The molecule has 0 saturated carbocycles. The van der Waals surface area contributed by atoms with Crippen LogP contribution in [0, 0.1) is 11.2 Å². The van der Waals surface area contributed by atoms with Crippen molar-refractivity contribution in [2.24, 2.45) is 5.41 Å². The lowest BCUT2D eigenvalue weighted by molar-refractivity contribution is 0.162. The Labute approximate surface area is 109 Å². The normalized spacial score (nSPS) is 23.9. The highest BCUT2D eigenvalue weighted by molar-refractivity contribution is 9.09. The van der Waals surface area contributed by atoms with Crippen molar-refractivity contribution >= 4 is 15.9 Å². The number of benzene rings is 1. The molecule has 1 heterocycles. The summed E-state index contributed by atoms with van der Waals surface area (Å²) in [6.07, 6.45) is 1.85. The third-order valence-electron chi connectivity index (χ3n) is 3.26. The minimum absolute atomic E-state index is 0.112. The summed E-state index contributed by atoms with van der Waals surface area (Å²) >= 11 is 3.54. The maximum absolute atomic E-state index is 13.6. The lowest BCUT2D eigenvalue weighted by atomic mass is 9.83.